The lowest BCUT2D eigenvalue weighted by Gasteiger charge is -2.10. The highest BCUT2D eigenvalue weighted by molar-refractivity contribution is 6.04. The number of benzene rings is 2. The average Bonchev–Trinajstić information content (AvgIpc) is 3.01. The lowest BCUT2D eigenvalue weighted by Crippen LogP contribution is -2.26. The largest absolute Gasteiger partial charge is 0.493 e. The standard InChI is InChI=1S/C18H19N3O4/c1-24-14-7-6-11(10-15(14)25-2)8-9-19-17(22)12-4-3-5-13-16(12)21-18(23)20-13/h3-7,10H,8-9H2,1-2H3,(H,19,22)(H2,20,21,23). The quantitative estimate of drug-likeness (QED) is 0.637. The Balaban J connectivity index is 1.67. The molecule has 0 fully saturated rings. The van der Waals surface area contributed by atoms with Gasteiger partial charge < -0.3 is 24.8 Å². The summed E-state index contributed by atoms with van der Waals surface area (Å²) in [6, 6.07) is 10.8. The van der Waals surface area contributed by atoms with Crippen LogP contribution in [0.2, 0.25) is 0 Å². The van der Waals surface area contributed by atoms with Crippen molar-refractivity contribution >= 4 is 16.9 Å². The minimum Gasteiger partial charge on any atom is -0.493 e. The summed E-state index contributed by atoms with van der Waals surface area (Å²) >= 11 is 0. The number of amides is 1. The number of hydrogen-bond acceptors (Lipinski definition) is 4. The lowest BCUT2D eigenvalue weighted by molar-refractivity contribution is 0.0955. The highest BCUT2D eigenvalue weighted by Gasteiger charge is 2.12. The summed E-state index contributed by atoms with van der Waals surface area (Å²) in [5, 5.41) is 2.87. The number of carbonyl (C=O) groups excluding carboxylic acids is 1. The highest BCUT2D eigenvalue weighted by Crippen LogP contribution is 2.27. The van der Waals surface area contributed by atoms with Crippen LogP contribution in [-0.4, -0.2) is 36.6 Å². The van der Waals surface area contributed by atoms with E-state index in [0.717, 1.165) is 5.56 Å². The number of methoxy groups -OCH3 is 2. The molecular formula is C18H19N3O4. The molecule has 0 unspecified atom stereocenters. The summed E-state index contributed by atoms with van der Waals surface area (Å²) in [6.45, 7) is 0.458. The van der Waals surface area contributed by atoms with Gasteiger partial charge in [-0.05, 0) is 36.2 Å². The maximum atomic E-state index is 12.4. The topological polar surface area (TPSA) is 96.2 Å². The van der Waals surface area contributed by atoms with Gasteiger partial charge in [0.25, 0.3) is 5.91 Å². The number of rotatable bonds is 6. The summed E-state index contributed by atoms with van der Waals surface area (Å²) in [4.78, 5) is 29.1. The number of ether oxygens (including phenoxy) is 2. The van der Waals surface area contributed by atoms with E-state index in [1.54, 1.807) is 32.4 Å². The Hall–Kier alpha value is -3.22. The van der Waals surface area contributed by atoms with Gasteiger partial charge in [0.2, 0.25) is 0 Å². The normalized spacial score (nSPS) is 10.6. The number of carbonyl (C=O) groups is 1. The molecule has 0 atom stereocenters. The third-order valence-electron chi connectivity index (χ3n) is 3.94. The van der Waals surface area contributed by atoms with E-state index in [0.29, 0.717) is 41.1 Å². The minimum atomic E-state index is -0.333. The number of para-hydroxylation sites is 1. The van der Waals surface area contributed by atoms with E-state index in [2.05, 4.69) is 15.3 Å². The third-order valence-corrected chi connectivity index (χ3v) is 3.94. The molecule has 130 valence electrons. The first-order valence-corrected chi connectivity index (χ1v) is 7.82. The smallest absolute Gasteiger partial charge is 0.323 e. The molecule has 0 radical (unpaired) electrons. The van der Waals surface area contributed by atoms with Crippen molar-refractivity contribution in [2.75, 3.05) is 20.8 Å². The van der Waals surface area contributed by atoms with Crippen molar-refractivity contribution in [3.8, 4) is 11.5 Å². The Morgan fingerprint density at radius 2 is 1.88 bits per heavy atom. The van der Waals surface area contributed by atoms with Gasteiger partial charge in [-0.25, -0.2) is 4.79 Å². The zero-order valence-electron chi connectivity index (χ0n) is 14.0. The van der Waals surface area contributed by atoms with E-state index in [9.17, 15) is 9.59 Å². The summed E-state index contributed by atoms with van der Waals surface area (Å²) in [6.07, 6.45) is 0.645. The zero-order valence-corrected chi connectivity index (χ0v) is 14.0. The monoisotopic (exact) mass is 341 g/mol. The van der Waals surface area contributed by atoms with Crippen molar-refractivity contribution in [3.63, 3.8) is 0 Å². The minimum absolute atomic E-state index is 0.235. The summed E-state index contributed by atoms with van der Waals surface area (Å²) in [7, 11) is 3.17. The molecule has 1 amide bonds. The van der Waals surface area contributed by atoms with Crippen molar-refractivity contribution < 1.29 is 14.3 Å². The van der Waals surface area contributed by atoms with Crippen LogP contribution in [0.4, 0.5) is 0 Å². The first-order valence-electron chi connectivity index (χ1n) is 7.82. The molecule has 0 aliphatic carbocycles. The van der Waals surface area contributed by atoms with E-state index in [4.69, 9.17) is 9.47 Å². The molecule has 25 heavy (non-hydrogen) atoms. The second kappa shape index (κ2) is 7.12. The SMILES string of the molecule is COc1ccc(CCNC(=O)c2cccc3[nH]c(=O)[nH]c23)cc1OC. The van der Waals surface area contributed by atoms with Gasteiger partial charge in [-0.15, -0.1) is 0 Å². The molecule has 1 aromatic heterocycles. The first-order chi connectivity index (χ1) is 12.1. The molecule has 1 heterocycles. The van der Waals surface area contributed by atoms with Crippen LogP contribution in [0.15, 0.2) is 41.2 Å². The Morgan fingerprint density at radius 3 is 2.64 bits per heavy atom. The number of imidazole rings is 1. The fourth-order valence-electron chi connectivity index (χ4n) is 2.70. The van der Waals surface area contributed by atoms with Gasteiger partial charge in [0, 0.05) is 6.54 Å². The van der Waals surface area contributed by atoms with Crippen molar-refractivity contribution in [3.05, 3.63) is 58.0 Å². The molecule has 7 heteroatoms. The van der Waals surface area contributed by atoms with Gasteiger partial charge in [-0.1, -0.05) is 12.1 Å². The van der Waals surface area contributed by atoms with Gasteiger partial charge in [0.15, 0.2) is 11.5 Å². The molecule has 0 saturated carbocycles. The fraction of sp³-hybridized carbons (Fsp3) is 0.222. The molecule has 3 aromatic rings. The molecule has 0 aliphatic heterocycles. The Morgan fingerprint density at radius 1 is 1.08 bits per heavy atom. The Kier molecular flexibility index (Phi) is 4.74. The van der Waals surface area contributed by atoms with Gasteiger partial charge in [-0.2, -0.15) is 0 Å². The van der Waals surface area contributed by atoms with Crippen molar-refractivity contribution in [1.82, 2.24) is 15.3 Å². The second-order valence-corrected chi connectivity index (χ2v) is 5.50. The van der Waals surface area contributed by atoms with Crippen LogP contribution in [0, 0.1) is 0 Å². The molecule has 0 spiro atoms. The van der Waals surface area contributed by atoms with Crippen LogP contribution in [0.25, 0.3) is 11.0 Å². The Bertz CT molecular complexity index is 958. The predicted molar refractivity (Wildman–Crippen MR) is 94.5 cm³/mol. The zero-order chi connectivity index (χ0) is 17.8. The summed E-state index contributed by atoms with van der Waals surface area (Å²) < 4.78 is 10.5. The molecule has 7 nitrogen and oxygen atoms in total. The number of hydrogen-bond donors (Lipinski definition) is 3. The predicted octanol–water partition coefficient (Wildman–Crippen LogP) is 1.85. The van der Waals surface area contributed by atoms with Gasteiger partial charge >= 0.3 is 5.69 Å². The molecule has 0 bridgehead atoms. The molecule has 3 rings (SSSR count). The average molecular weight is 341 g/mol. The maximum Gasteiger partial charge on any atom is 0.323 e. The van der Waals surface area contributed by atoms with Crippen LogP contribution in [0.1, 0.15) is 15.9 Å². The van der Waals surface area contributed by atoms with Crippen LogP contribution < -0.4 is 20.5 Å². The lowest BCUT2D eigenvalue weighted by atomic mass is 10.1. The van der Waals surface area contributed by atoms with E-state index in [1.807, 2.05) is 18.2 Å². The van der Waals surface area contributed by atoms with E-state index in [-0.39, 0.29) is 11.6 Å². The van der Waals surface area contributed by atoms with Gasteiger partial charge in [-0.3, -0.25) is 4.79 Å². The first kappa shape index (κ1) is 16.6. The summed E-state index contributed by atoms with van der Waals surface area (Å²) in [5.74, 6) is 1.08. The molecular weight excluding hydrogens is 322 g/mol. The fourth-order valence-corrected chi connectivity index (χ4v) is 2.70. The second-order valence-electron chi connectivity index (χ2n) is 5.50. The van der Waals surface area contributed by atoms with Crippen LogP contribution in [-0.2, 0) is 6.42 Å². The summed E-state index contributed by atoms with van der Waals surface area (Å²) in [5.41, 5.74) is 2.24. The van der Waals surface area contributed by atoms with Crippen LogP contribution in [0.3, 0.4) is 0 Å². The van der Waals surface area contributed by atoms with Crippen LogP contribution in [0.5, 0.6) is 11.5 Å². The highest BCUT2D eigenvalue weighted by atomic mass is 16.5. The number of aromatic nitrogens is 2. The van der Waals surface area contributed by atoms with Crippen molar-refractivity contribution in [2.24, 2.45) is 0 Å². The van der Waals surface area contributed by atoms with Crippen molar-refractivity contribution in [1.29, 1.82) is 0 Å². The van der Waals surface area contributed by atoms with Crippen molar-refractivity contribution in [2.45, 2.75) is 6.42 Å². The molecule has 3 N–H and O–H groups in total. The molecule has 2 aromatic carbocycles. The maximum absolute atomic E-state index is 12.4. The van der Waals surface area contributed by atoms with E-state index >= 15 is 0 Å². The number of fused-ring (bicyclic) bond motifs is 1. The van der Waals surface area contributed by atoms with Crippen LogP contribution >= 0.6 is 0 Å². The van der Waals surface area contributed by atoms with E-state index < -0.39 is 0 Å². The number of aromatic amines is 2. The molecule has 0 saturated heterocycles. The Labute approximate surface area is 144 Å². The van der Waals surface area contributed by atoms with E-state index in [1.165, 1.54) is 0 Å². The number of nitrogens with one attached hydrogen (secondary N) is 3. The number of H-pyrrole nitrogens is 2. The van der Waals surface area contributed by atoms with Gasteiger partial charge in [0.1, 0.15) is 0 Å². The van der Waals surface area contributed by atoms with Gasteiger partial charge in [0.05, 0.1) is 30.8 Å². The third kappa shape index (κ3) is 3.50. The molecule has 0 aliphatic rings.